The van der Waals surface area contributed by atoms with Crippen molar-refractivity contribution in [1.82, 2.24) is 10.0 Å². The number of nitrogens with zero attached hydrogens (tertiary/aromatic N) is 2. The van der Waals surface area contributed by atoms with Crippen molar-refractivity contribution in [2.45, 2.75) is 46.3 Å². The summed E-state index contributed by atoms with van der Waals surface area (Å²) in [5.41, 5.74) is -0.602. The molecule has 0 saturated heterocycles. The third-order valence-corrected chi connectivity index (χ3v) is 2.10. The highest BCUT2D eigenvalue weighted by molar-refractivity contribution is 6.27. The fraction of sp³-hybridized carbons (Fsp3) is 0.818. The maximum Gasteiger partial charge on any atom is 0.429 e. The molecule has 0 unspecified atom stereocenters. The Morgan fingerprint density at radius 3 is 2.06 bits per heavy atom. The van der Waals surface area contributed by atoms with Gasteiger partial charge in [0.25, 0.3) is 5.91 Å². The first-order valence-corrected chi connectivity index (χ1v) is 5.98. The third-order valence-electron chi connectivity index (χ3n) is 1.87. The molecule has 6 heteroatoms. The Labute approximate surface area is 108 Å². The summed E-state index contributed by atoms with van der Waals surface area (Å²) in [5, 5.41) is 2.43. The molecule has 0 bridgehead atoms. The van der Waals surface area contributed by atoms with E-state index in [2.05, 4.69) is 0 Å². The molecule has 0 rings (SSSR count). The van der Waals surface area contributed by atoms with Crippen LogP contribution in [0.4, 0.5) is 4.79 Å². The maximum atomic E-state index is 11.9. The van der Waals surface area contributed by atoms with Crippen molar-refractivity contribution < 1.29 is 14.3 Å². The van der Waals surface area contributed by atoms with Crippen LogP contribution in [0.25, 0.3) is 0 Å². The summed E-state index contributed by atoms with van der Waals surface area (Å²) in [6.45, 7) is 8.90. The van der Waals surface area contributed by atoms with Crippen molar-refractivity contribution in [2.24, 2.45) is 0 Å². The highest BCUT2D eigenvalue weighted by Crippen LogP contribution is 2.13. The average molecular weight is 265 g/mol. The molecule has 0 atom stereocenters. The first-order valence-electron chi connectivity index (χ1n) is 5.44. The Morgan fingerprint density at radius 1 is 1.29 bits per heavy atom. The predicted molar refractivity (Wildman–Crippen MR) is 66.7 cm³/mol. The van der Waals surface area contributed by atoms with Gasteiger partial charge in [-0.3, -0.25) is 9.80 Å². The van der Waals surface area contributed by atoms with E-state index in [0.29, 0.717) is 0 Å². The van der Waals surface area contributed by atoms with Crippen LogP contribution in [0.5, 0.6) is 0 Å². The van der Waals surface area contributed by atoms with Crippen molar-refractivity contribution in [3.05, 3.63) is 0 Å². The van der Waals surface area contributed by atoms with Gasteiger partial charge in [-0.15, -0.1) is 11.6 Å². The van der Waals surface area contributed by atoms with Gasteiger partial charge in [-0.1, -0.05) is 0 Å². The molecule has 0 aromatic rings. The number of carbonyl (C=O) groups is 2. The minimum atomic E-state index is -0.602. The number of halogens is 1. The van der Waals surface area contributed by atoms with E-state index in [1.165, 1.54) is 17.1 Å². The smallest absolute Gasteiger partial charge is 0.429 e. The van der Waals surface area contributed by atoms with Gasteiger partial charge in [-0.05, 0) is 34.6 Å². The Balaban J connectivity index is 4.86. The van der Waals surface area contributed by atoms with Gasteiger partial charge >= 0.3 is 6.09 Å². The lowest BCUT2D eigenvalue weighted by molar-refractivity contribution is -0.144. The largest absolute Gasteiger partial charge is 0.442 e. The Hall–Kier alpha value is -0.970. The summed E-state index contributed by atoms with van der Waals surface area (Å²) in [6, 6.07) is -0.193. The Morgan fingerprint density at radius 2 is 1.76 bits per heavy atom. The van der Waals surface area contributed by atoms with E-state index < -0.39 is 11.7 Å². The van der Waals surface area contributed by atoms with Crippen LogP contribution in [0.2, 0.25) is 0 Å². The second-order valence-electron chi connectivity index (χ2n) is 4.97. The van der Waals surface area contributed by atoms with Crippen LogP contribution in [0.1, 0.15) is 34.6 Å². The summed E-state index contributed by atoms with van der Waals surface area (Å²) in [7, 11) is 1.49. The van der Waals surface area contributed by atoms with E-state index in [4.69, 9.17) is 16.3 Å². The monoisotopic (exact) mass is 264 g/mol. The molecular formula is C11H21ClN2O3. The van der Waals surface area contributed by atoms with E-state index in [1.807, 2.05) is 0 Å². The quantitative estimate of drug-likeness (QED) is 0.568. The maximum absolute atomic E-state index is 11.9. The van der Waals surface area contributed by atoms with Gasteiger partial charge in [-0.2, -0.15) is 0 Å². The molecule has 0 saturated carbocycles. The molecule has 0 aliphatic carbocycles. The zero-order chi connectivity index (χ0) is 13.8. The predicted octanol–water partition coefficient (Wildman–Crippen LogP) is 2.24. The molecule has 0 spiro atoms. The lowest BCUT2D eigenvalue weighted by Crippen LogP contribution is -2.52. The SMILES string of the molecule is CC(C)N(C(=O)OC(C)(C)C)N(C)C(=O)CCl. The van der Waals surface area contributed by atoms with Gasteiger partial charge in [0.15, 0.2) is 0 Å². The van der Waals surface area contributed by atoms with Crippen molar-refractivity contribution in [3.8, 4) is 0 Å². The number of alkyl halides is 1. The molecule has 0 fully saturated rings. The van der Waals surface area contributed by atoms with Gasteiger partial charge in [0, 0.05) is 7.05 Å². The lowest BCUT2D eigenvalue weighted by atomic mass is 10.2. The molecule has 0 aromatic heterocycles. The molecule has 0 radical (unpaired) electrons. The minimum absolute atomic E-state index is 0.178. The molecule has 0 heterocycles. The van der Waals surface area contributed by atoms with E-state index >= 15 is 0 Å². The van der Waals surface area contributed by atoms with Crippen molar-refractivity contribution in [1.29, 1.82) is 0 Å². The van der Waals surface area contributed by atoms with E-state index in [-0.39, 0.29) is 17.8 Å². The number of ether oxygens (including phenoxy) is 1. The fourth-order valence-electron chi connectivity index (χ4n) is 1.20. The van der Waals surface area contributed by atoms with Gasteiger partial charge in [0.05, 0.1) is 6.04 Å². The molecule has 17 heavy (non-hydrogen) atoms. The average Bonchev–Trinajstić information content (AvgIpc) is 2.12. The Kier molecular flexibility index (Phi) is 5.75. The first-order chi connectivity index (χ1) is 7.60. The zero-order valence-electron chi connectivity index (χ0n) is 11.3. The van der Waals surface area contributed by atoms with E-state index in [1.54, 1.807) is 34.6 Å². The molecule has 2 amide bonds. The van der Waals surface area contributed by atoms with Crippen molar-refractivity contribution in [3.63, 3.8) is 0 Å². The standard InChI is InChI=1S/C11H21ClN2O3/c1-8(2)14(13(6)9(15)7-12)10(16)17-11(3,4)5/h8H,7H2,1-6H3. The van der Waals surface area contributed by atoms with Gasteiger partial charge in [0.2, 0.25) is 0 Å². The molecule has 5 nitrogen and oxygen atoms in total. The number of carbonyl (C=O) groups excluding carboxylic acids is 2. The van der Waals surface area contributed by atoms with Gasteiger partial charge < -0.3 is 4.74 Å². The molecule has 0 aromatic carbocycles. The molecular weight excluding hydrogens is 244 g/mol. The van der Waals surface area contributed by atoms with Crippen LogP contribution in [0.15, 0.2) is 0 Å². The van der Waals surface area contributed by atoms with Crippen LogP contribution < -0.4 is 0 Å². The van der Waals surface area contributed by atoms with Crippen LogP contribution in [-0.2, 0) is 9.53 Å². The Bertz CT molecular complexity index is 287. The minimum Gasteiger partial charge on any atom is -0.442 e. The summed E-state index contributed by atoms with van der Waals surface area (Å²) >= 11 is 5.46. The summed E-state index contributed by atoms with van der Waals surface area (Å²) in [4.78, 5) is 23.4. The van der Waals surface area contributed by atoms with Crippen LogP contribution >= 0.6 is 11.6 Å². The third kappa shape index (κ3) is 5.26. The summed E-state index contributed by atoms with van der Waals surface area (Å²) in [6.07, 6.45) is -0.562. The molecule has 100 valence electrons. The van der Waals surface area contributed by atoms with Crippen molar-refractivity contribution in [2.75, 3.05) is 12.9 Å². The number of hydrogen-bond acceptors (Lipinski definition) is 3. The second kappa shape index (κ2) is 6.10. The van der Waals surface area contributed by atoms with E-state index in [9.17, 15) is 9.59 Å². The van der Waals surface area contributed by atoms with Crippen LogP contribution in [0.3, 0.4) is 0 Å². The second-order valence-corrected chi connectivity index (χ2v) is 5.24. The molecule has 0 N–H and O–H groups in total. The lowest BCUT2D eigenvalue weighted by Gasteiger charge is -2.35. The molecule has 0 aliphatic rings. The van der Waals surface area contributed by atoms with E-state index in [0.717, 1.165) is 0 Å². The highest BCUT2D eigenvalue weighted by atomic mass is 35.5. The summed E-state index contributed by atoms with van der Waals surface area (Å²) in [5.74, 6) is -0.533. The highest BCUT2D eigenvalue weighted by Gasteiger charge is 2.29. The van der Waals surface area contributed by atoms with Crippen molar-refractivity contribution >= 4 is 23.6 Å². The van der Waals surface area contributed by atoms with Gasteiger partial charge in [-0.25, -0.2) is 9.80 Å². The van der Waals surface area contributed by atoms with Crippen LogP contribution in [0, 0.1) is 0 Å². The normalized spacial score (nSPS) is 11.3. The topological polar surface area (TPSA) is 49.9 Å². The summed E-state index contributed by atoms with van der Waals surface area (Å²) < 4.78 is 5.23. The van der Waals surface area contributed by atoms with Gasteiger partial charge in [0.1, 0.15) is 11.5 Å². The zero-order valence-corrected chi connectivity index (χ0v) is 12.0. The number of amides is 2. The first kappa shape index (κ1) is 16.0. The number of hydrazine groups is 1. The molecule has 0 aliphatic heterocycles. The number of rotatable bonds is 2. The van der Waals surface area contributed by atoms with Crippen LogP contribution in [-0.4, -0.2) is 46.6 Å². The fourth-order valence-corrected chi connectivity index (χ4v) is 1.37. The number of hydrogen-bond donors (Lipinski definition) is 0.